The summed E-state index contributed by atoms with van der Waals surface area (Å²) < 4.78 is 0. The van der Waals surface area contributed by atoms with Gasteiger partial charge in [0.1, 0.15) is 5.78 Å². The Morgan fingerprint density at radius 3 is 2.40 bits per heavy atom. The summed E-state index contributed by atoms with van der Waals surface area (Å²) in [4.78, 5) is 12.9. The second kappa shape index (κ2) is 7.61. The number of hydrogen-bond acceptors (Lipinski definition) is 1. The molecule has 1 saturated carbocycles. The van der Waals surface area contributed by atoms with Crippen molar-refractivity contribution in [3.05, 3.63) is 35.9 Å². The molecule has 0 heterocycles. The molecule has 1 unspecified atom stereocenters. The molecule has 0 amide bonds. The molecule has 110 valence electrons. The first kappa shape index (κ1) is 15.3. The summed E-state index contributed by atoms with van der Waals surface area (Å²) in [5.41, 5.74) is 1.23. The van der Waals surface area contributed by atoms with Gasteiger partial charge in [-0.2, -0.15) is 0 Å². The van der Waals surface area contributed by atoms with E-state index in [-0.39, 0.29) is 5.92 Å². The van der Waals surface area contributed by atoms with Crippen LogP contribution in [-0.2, 0) is 4.79 Å². The van der Waals surface area contributed by atoms with Crippen LogP contribution >= 0.6 is 0 Å². The lowest BCUT2D eigenvalue weighted by Crippen LogP contribution is -2.26. The van der Waals surface area contributed by atoms with Gasteiger partial charge in [0.2, 0.25) is 0 Å². The average Bonchev–Trinajstić information content (AvgIpc) is 2.49. The van der Waals surface area contributed by atoms with Crippen molar-refractivity contribution < 1.29 is 4.79 Å². The van der Waals surface area contributed by atoms with E-state index in [4.69, 9.17) is 0 Å². The fourth-order valence-corrected chi connectivity index (χ4v) is 3.40. The summed E-state index contributed by atoms with van der Waals surface area (Å²) in [7, 11) is 0. The third-order valence-electron chi connectivity index (χ3n) is 4.81. The zero-order valence-electron chi connectivity index (χ0n) is 13.0. The first-order chi connectivity index (χ1) is 9.72. The summed E-state index contributed by atoms with van der Waals surface area (Å²) in [5.74, 6) is 1.77. The largest absolute Gasteiger partial charge is 0.299 e. The number of Topliss-reactive ketones (excluding diaryl/α,β-unsaturated/α-hetero) is 1. The zero-order valence-corrected chi connectivity index (χ0v) is 13.0. The smallest absolute Gasteiger partial charge is 0.143 e. The van der Waals surface area contributed by atoms with Gasteiger partial charge < -0.3 is 0 Å². The molecule has 0 aliphatic heterocycles. The van der Waals surface area contributed by atoms with Crippen LogP contribution in [0.25, 0.3) is 0 Å². The number of rotatable bonds is 6. The van der Waals surface area contributed by atoms with Gasteiger partial charge in [-0.3, -0.25) is 4.79 Å². The fourth-order valence-electron chi connectivity index (χ4n) is 3.40. The Hall–Kier alpha value is -1.11. The molecule has 0 N–H and O–H groups in total. The Morgan fingerprint density at radius 1 is 1.15 bits per heavy atom. The number of carbonyl (C=O) groups excluding carboxylic acids is 1. The number of ketones is 1. The van der Waals surface area contributed by atoms with Gasteiger partial charge in [-0.1, -0.05) is 69.9 Å². The lowest BCUT2D eigenvalue weighted by Gasteiger charge is -2.28. The minimum absolute atomic E-state index is 0.134. The minimum Gasteiger partial charge on any atom is -0.299 e. The van der Waals surface area contributed by atoms with Crippen LogP contribution in [0.3, 0.4) is 0 Å². The van der Waals surface area contributed by atoms with Gasteiger partial charge in [0.05, 0.1) is 0 Å². The van der Waals surface area contributed by atoms with Crippen molar-refractivity contribution in [1.29, 1.82) is 0 Å². The minimum atomic E-state index is 0.134. The Bertz CT molecular complexity index is 401. The zero-order chi connectivity index (χ0) is 14.4. The molecule has 0 aromatic heterocycles. The predicted octanol–water partition coefficient (Wildman–Crippen LogP) is 5.36. The molecule has 1 heteroatoms. The maximum absolute atomic E-state index is 12.9. The number of benzene rings is 1. The molecular formula is C19H28O. The molecule has 1 nitrogen and oxygen atoms in total. The third kappa shape index (κ3) is 3.94. The average molecular weight is 272 g/mol. The van der Waals surface area contributed by atoms with Crippen LogP contribution < -0.4 is 0 Å². The molecule has 1 aromatic carbocycles. The summed E-state index contributed by atoms with van der Waals surface area (Å²) in [6.07, 6.45) is 8.00. The van der Waals surface area contributed by atoms with Crippen LogP contribution in [-0.4, -0.2) is 5.78 Å². The van der Waals surface area contributed by atoms with E-state index in [2.05, 4.69) is 38.1 Å². The summed E-state index contributed by atoms with van der Waals surface area (Å²) in [6.45, 7) is 4.52. The van der Waals surface area contributed by atoms with E-state index >= 15 is 0 Å². The van der Waals surface area contributed by atoms with Crippen LogP contribution in [0.5, 0.6) is 0 Å². The van der Waals surface area contributed by atoms with Crippen molar-refractivity contribution >= 4 is 5.78 Å². The predicted molar refractivity (Wildman–Crippen MR) is 84.8 cm³/mol. The Labute approximate surface area is 123 Å². The topological polar surface area (TPSA) is 17.1 Å². The van der Waals surface area contributed by atoms with Crippen LogP contribution in [0.2, 0.25) is 0 Å². The van der Waals surface area contributed by atoms with Crippen LogP contribution in [0.15, 0.2) is 30.3 Å². The molecule has 20 heavy (non-hydrogen) atoms. The van der Waals surface area contributed by atoms with Gasteiger partial charge in [0, 0.05) is 11.8 Å². The Morgan fingerprint density at radius 2 is 1.80 bits per heavy atom. The standard InChI is InChI=1S/C19H28O/c1-3-4-10-18(16-8-6-5-7-9-16)19(20)17-13-11-15(2)12-14-17/h5-9,15,17-18H,3-4,10-14H2,1-2H3. The van der Waals surface area contributed by atoms with Crippen molar-refractivity contribution in [1.82, 2.24) is 0 Å². The molecule has 1 aromatic rings. The Balaban J connectivity index is 2.08. The van der Waals surface area contributed by atoms with Crippen molar-refractivity contribution in [2.24, 2.45) is 11.8 Å². The monoisotopic (exact) mass is 272 g/mol. The molecule has 2 rings (SSSR count). The molecule has 0 radical (unpaired) electrons. The van der Waals surface area contributed by atoms with E-state index in [1.54, 1.807) is 0 Å². The van der Waals surface area contributed by atoms with Gasteiger partial charge in [-0.15, -0.1) is 0 Å². The molecule has 1 aliphatic rings. The van der Waals surface area contributed by atoms with Crippen molar-refractivity contribution in [3.8, 4) is 0 Å². The maximum atomic E-state index is 12.9. The summed E-state index contributed by atoms with van der Waals surface area (Å²) in [6, 6.07) is 10.4. The molecular weight excluding hydrogens is 244 g/mol. The van der Waals surface area contributed by atoms with E-state index in [1.807, 2.05) is 6.07 Å². The lowest BCUT2D eigenvalue weighted by atomic mass is 9.75. The van der Waals surface area contributed by atoms with E-state index < -0.39 is 0 Å². The normalized spacial score (nSPS) is 24.3. The first-order valence-electron chi connectivity index (χ1n) is 8.31. The van der Waals surface area contributed by atoms with E-state index in [1.165, 1.54) is 18.4 Å². The highest BCUT2D eigenvalue weighted by molar-refractivity contribution is 5.87. The van der Waals surface area contributed by atoms with E-state index in [9.17, 15) is 4.79 Å². The first-order valence-corrected chi connectivity index (χ1v) is 8.31. The highest BCUT2D eigenvalue weighted by Gasteiger charge is 2.30. The van der Waals surface area contributed by atoms with Gasteiger partial charge in [-0.05, 0) is 30.7 Å². The quantitative estimate of drug-likeness (QED) is 0.681. The van der Waals surface area contributed by atoms with Crippen LogP contribution in [0, 0.1) is 11.8 Å². The maximum Gasteiger partial charge on any atom is 0.143 e. The fraction of sp³-hybridized carbons (Fsp3) is 0.632. The molecule has 1 aliphatic carbocycles. The number of carbonyl (C=O) groups is 1. The van der Waals surface area contributed by atoms with Crippen molar-refractivity contribution in [2.45, 2.75) is 64.7 Å². The Kier molecular flexibility index (Phi) is 5.82. The molecule has 1 fully saturated rings. The molecule has 0 bridgehead atoms. The highest BCUT2D eigenvalue weighted by atomic mass is 16.1. The number of unbranched alkanes of at least 4 members (excludes halogenated alkanes) is 1. The number of hydrogen-bond donors (Lipinski definition) is 0. The van der Waals surface area contributed by atoms with Crippen molar-refractivity contribution in [3.63, 3.8) is 0 Å². The summed E-state index contributed by atoms with van der Waals surface area (Å²) in [5, 5.41) is 0. The molecule has 1 atom stereocenters. The van der Waals surface area contributed by atoms with E-state index in [0.29, 0.717) is 11.7 Å². The second-order valence-electron chi connectivity index (χ2n) is 6.46. The molecule has 0 spiro atoms. The highest BCUT2D eigenvalue weighted by Crippen LogP contribution is 2.34. The molecule has 0 saturated heterocycles. The summed E-state index contributed by atoms with van der Waals surface area (Å²) >= 11 is 0. The van der Waals surface area contributed by atoms with E-state index in [0.717, 1.165) is 38.0 Å². The lowest BCUT2D eigenvalue weighted by molar-refractivity contribution is -0.125. The van der Waals surface area contributed by atoms with Crippen LogP contribution in [0.4, 0.5) is 0 Å². The van der Waals surface area contributed by atoms with Gasteiger partial charge >= 0.3 is 0 Å². The van der Waals surface area contributed by atoms with Gasteiger partial charge in [0.25, 0.3) is 0 Å². The third-order valence-corrected chi connectivity index (χ3v) is 4.81. The van der Waals surface area contributed by atoms with Crippen molar-refractivity contribution in [2.75, 3.05) is 0 Å². The van der Waals surface area contributed by atoms with Gasteiger partial charge in [0.15, 0.2) is 0 Å². The van der Waals surface area contributed by atoms with Crippen LogP contribution in [0.1, 0.15) is 70.3 Å². The SMILES string of the molecule is CCCCC(C(=O)C1CCC(C)CC1)c1ccccc1. The second-order valence-corrected chi connectivity index (χ2v) is 6.46. The van der Waals surface area contributed by atoms with Gasteiger partial charge in [-0.25, -0.2) is 0 Å².